The second-order valence-electron chi connectivity index (χ2n) is 11.0. The first-order chi connectivity index (χ1) is 18.4. The molecule has 0 aliphatic carbocycles. The lowest BCUT2D eigenvalue weighted by Gasteiger charge is -2.39. The predicted molar refractivity (Wildman–Crippen MR) is 143 cm³/mol. The predicted octanol–water partition coefficient (Wildman–Crippen LogP) is 3.10. The quantitative estimate of drug-likeness (QED) is 0.173. The highest BCUT2D eigenvalue weighted by Gasteiger charge is 2.59. The summed E-state index contributed by atoms with van der Waals surface area (Å²) < 4.78 is 28.7. The van der Waals surface area contributed by atoms with Crippen molar-refractivity contribution in [2.75, 3.05) is 13.7 Å². The van der Waals surface area contributed by atoms with Gasteiger partial charge in [-0.25, -0.2) is 0 Å². The summed E-state index contributed by atoms with van der Waals surface area (Å²) in [5.74, 6) is -1.31. The summed E-state index contributed by atoms with van der Waals surface area (Å²) in [5.41, 5.74) is 0.564. The van der Waals surface area contributed by atoms with Crippen LogP contribution in [0.1, 0.15) is 60.3 Å². The van der Waals surface area contributed by atoms with Gasteiger partial charge in [0.2, 0.25) is 5.91 Å². The number of esters is 1. The molecule has 9 atom stereocenters. The van der Waals surface area contributed by atoms with Crippen molar-refractivity contribution in [3.8, 4) is 0 Å². The third kappa shape index (κ3) is 8.99. The number of nitrogens with one attached hydrogen (secondary N) is 1. The molecule has 0 radical (unpaired) electrons. The number of hydrogen-bond acceptors (Lipinski definition) is 8. The van der Waals surface area contributed by atoms with Crippen molar-refractivity contribution in [1.29, 1.82) is 0 Å². The van der Waals surface area contributed by atoms with E-state index in [1.54, 1.807) is 20.1 Å². The fourth-order valence-electron chi connectivity index (χ4n) is 5.41. The second-order valence-corrected chi connectivity index (χ2v) is 11.0. The molecule has 0 unspecified atom stereocenters. The number of rotatable bonds is 11. The number of ether oxygens (including phenoxy) is 5. The zero-order valence-corrected chi connectivity index (χ0v) is 23.8. The molecule has 0 aromatic heterocycles. The Morgan fingerprint density at radius 3 is 2.51 bits per heavy atom. The van der Waals surface area contributed by atoms with E-state index in [4.69, 9.17) is 23.7 Å². The molecule has 10 heteroatoms. The third-order valence-electron chi connectivity index (χ3n) is 7.55. The van der Waals surface area contributed by atoms with Gasteiger partial charge in [-0.05, 0) is 45.6 Å². The minimum Gasteiger partial charge on any atom is -0.481 e. The van der Waals surface area contributed by atoms with Gasteiger partial charge in [0.15, 0.2) is 0 Å². The lowest BCUT2D eigenvalue weighted by molar-refractivity contribution is -0.160. The van der Waals surface area contributed by atoms with Crippen LogP contribution in [0.15, 0.2) is 36.0 Å². The number of carboxylic acids is 1. The van der Waals surface area contributed by atoms with E-state index in [1.165, 1.54) is 13.0 Å². The molecule has 2 N–H and O–H groups in total. The van der Waals surface area contributed by atoms with Crippen molar-refractivity contribution in [2.24, 2.45) is 5.92 Å². The van der Waals surface area contributed by atoms with Crippen LogP contribution in [0.4, 0.5) is 0 Å². The first-order valence-electron chi connectivity index (χ1n) is 13.6. The van der Waals surface area contributed by atoms with Crippen LogP contribution in [0.25, 0.3) is 0 Å². The Labute approximate surface area is 230 Å². The number of amides is 1. The fraction of sp³-hybridized carbons (Fsp3) is 0.690. The van der Waals surface area contributed by atoms with Crippen molar-refractivity contribution < 1.29 is 43.2 Å². The van der Waals surface area contributed by atoms with Gasteiger partial charge in [-0.1, -0.05) is 30.7 Å². The van der Waals surface area contributed by atoms with Crippen LogP contribution in [0.2, 0.25) is 0 Å². The van der Waals surface area contributed by atoms with Crippen molar-refractivity contribution >= 4 is 17.8 Å². The largest absolute Gasteiger partial charge is 0.481 e. The van der Waals surface area contributed by atoms with Gasteiger partial charge in [0.05, 0.1) is 37.4 Å². The normalized spacial score (nSPS) is 35.7. The molecule has 3 rings (SSSR count). The highest BCUT2D eigenvalue weighted by Crippen LogP contribution is 2.44. The summed E-state index contributed by atoms with van der Waals surface area (Å²) in [6, 6.07) is -0.118. The number of methoxy groups -OCH3 is 1. The van der Waals surface area contributed by atoms with Crippen LogP contribution in [-0.4, -0.2) is 84.9 Å². The van der Waals surface area contributed by atoms with Crippen molar-refractivity contribution in [2.45, 2.75) is 109 Å². The lowest BCUT2D eigenvalue weighted by atomic mass is 9.87. The number of hydrogen-bond donors (Lipinski definition) is 2. The average molecular weight is 550 g/mol. The van der Waals surface area contributed by atoms with E-state index in [0.29, 0.717) is 13.0 Å². The van der Waals surface area contributed by atoms with E-state index in [-0.39, 0.29) is 42.6 Å². The highest BCUT2D eigenvalue weighted by molar-refractivity contribution is 5.87. The smallest absolute Gasteiger partial charge is 0.305 e. The number of aliphatic carboxylic acids is 1. The molecule has 0 aromatic carbocycles. The van der Waals surface area contributed by atoms with Crippen LogP contribution < -0.4 is 5.32 Å². The van der Waals surface area contributed by atoms with Crippen molar-refractivity contribution in [3.05, 3.63) is 36.0 Å². The first-order valence-corrected chi connectivity index (χ1v) is 13.6. The van der Waals surface area contributed by atoms with Crippen LogP contribution in [-0.2, 0) is 38.1 Å². The summed E-state index contributed by atoms with van der Waals surface area (Å²) in [6.07, 6.45) is 9.16. The topological polar surface area (TPSA) is 133 Å². The minimum absolute atomic E-state index is 0.0109. The van der Waals surface area contributed by atoms with E-state index >= 15 is 0 Å². The Morgan fingerprint density at radius 1 is 1.18 bits per heavy atom. The highest BCUT2D eigenvalue weighted by atomic mass is 16.6. The Kier molecular flexibility index (Phi) is 10.9. The molecular weight excluding hydrogens is 506 g/mol. The standard InChI is InChI=1S/C29H43NO9/c1-17(8-11-25-28(35-6)29(16-36-29)15-22(39-25)14-27(33)34)7-10-24-18(2)13-23(20(4)38-24)30-26(32)12-9-19(3)37-21(5)31/h7-9,11-12,18-20,22-25,28H,10,13-16H2,1-6H3,(H,30,32)(H,33,34)/t18-,19-,20+,22+,23+,24-,25+,28+,29+/m0/s1. The second kappa shape index (κ2) is 13.7. The summed E-state index contributed by atoms with van der Waals surface area (Å²) >= 11 is 0. The Hall–Kier alpha value is -2.53. The monoisotopic (exact) mass is 549 g/mol. The van der Waals surface area contributed by atoms with E-state index in [2.05, 4.69) is 18.3 Å². The van der Waals surface area contributed by atoms with Gasteiger partial charge in [-0.2, -0.15) is 0 Å². The van der Waals surface area contributed by atoms with Crippen LogP contribution in [0.3, 0.4) is 0 Å². The Balaban J connectivity index is 1.52. The molecule has 3 aliphatic heterocycles. The summed E-state index contributed by atoms with van der Waals surface area (Å²) in [6.45, 7) is 9.65. The van der Waals surface area contributed by atoms with Crippen LogP contribution >= 0.6 is 0 Å². The van der Waals surface area contributed by atoms with E-state index in [1.807, 2.05) is 26.0 Å². The van der Waals surface area contributed by atoms with Crippen molar-refractivity contribution in [1.82, 2.24) is 5.32 Å². The summed E-state index contributed by atoms with van der Waals surface area (Å²) in [4.78, 5) is 34.6. The minimum atomic E-state index is -0.895. The summed E-state index contributed by atoms with van der Waals surface area (Å²) in [7, 11) is 1.62. The molecule has 3 saturated heterocycles. The number of carbonyl (C=O) groups excluding carboxylic acids is 2. The van der Waals surface area contributed by atoms with Gasteiger partial charge in [-0.15, -0.1) is 0 Å². The van der Waals surface area contributed by atoms with E-state index in [9.17, 15) is 19.5 Å². The maximum absolute atomic E-state index is 12.3. The molecule has 1 spiro atoms. The number of allylic oxidation sites excluding steroid dienone is 2. The summed E-state index contributed by atoms with van der Waals surface area (Å²) in [5, 5.41) is 12.2. The maximum Gasteiger partial charge on any atom is 0.305 e. The molecule has 3 heterocycles. The van der Waals surface area contributed by atoms with Gasteiger partial charge < -0.3 is 34.1 Å². The van der Waals surface area contributed by atoms with E-state index < -0.39 is 35.9 Å². The molecule has 39 heavy (non-hydrogen) atoms. The zero-order valence-electron chi connectivity index (χ0n) is 23.8. The maximum atomic E-state index is 12.3. The van der Waals surface area contributed by atoms with Gasteiger partial charge >= 0.3 is 11.9 Å². The zero-order chi connectivity index (χ0) is 28.7. The molecular formula is C29H43NO9. The van der Waals surface area contributed by atoms with Gasteiger partial charge in [0.1, 0.15) is 23.9 Å². The van der Waals surface area contributed by atoms with Crippen LogP contribution in [0, 0.1) is 5.92 Å². The molecule has 0 bridgehead atoms. The molecule has 218 valence electrons. The lowest BCUT2D eigenvalue weighted by Crippen LogP contribution is -2.51. The first kappa shape index (κ1) is 31.0. The van der Waals surface area contributed by atoms with Crippen molar-refractivity contribution in [3.63, 3.8) is 0 Å². The van der Waals surface area contributed by atoms with Gasteiger partial charge in [0.25, 0.3) is 0 Å². The fourth-order valence-corrected chi connectivity index (χ4v) is 5.41. The Bertz CT molecular complexity index is 970. The average Bonchev–Trinajstić information content (AvgIpc) is 3.60. The molecule has 10 nitrogen and oxygen atoms in total. The number of carbonyl (C=O) groups is 3. The third-order valence-corrected chi connectivity index (χ3v) is 7.55. The number of epoxide rings is 1. The SMILES string of the molecule is CO[C@@H]1[C@@H](C=CC(C)=CC[C@@H]2O[C@H](C)[C@H](NC(=O)C=C[C@H](C)OC(C)=O)C[C@@H]2C)O[C@H](CC(=O)O)C[C@@]12CO2. The van der Waals surface area contributed by atoms with Gasteiger partial charge in [0, 0.05) is 26.5 Å². The molecule has 3 fully saturated rings. The van der Waals surface area contributed by atoms with Gasteiger partial charge in [-0.3, -0.25) is 14.4 Å². The molecule has 0 saturated carbocycles. The molecule has 1 amide bonds. The van der Waals surface area contributed by atoms with Crippen LogP contribution in [0.5, 0.6) is 0 Å². The number of carboxylic acid groups (broad SMARTS) is 1. The van der Waals surface area contributed by atoms with E-state index in [0.717, 1.165) is 18.4 Å². The molecule has 0 aromatic rings. The molecule has 3 aliphatic rings. The Morgan fingerprint density at radius 2 is 1.90 bits per heavy atom.